The van der Waals surface area contributed by atoms with Crippen molar-refractivity contribution in [1.29, 1.82) is 10.8 Å². The summed E-state index contributed by atoms with van der Waals surface area (Å²) in [6, 6.07) is 23.8. The fraction of sp³-hybridized carbons (Fsp3) is 0.241. The molecule has 3 N–H and O–H groups in total. The number of nitrogens with zero attached hydrogens (tertiary/aromatic N) is 2. The van der Waals surface area contributed by atoms with Crippen LogP contribution in [0.2, 0.25) is 5.02 Å². The van der Waals surface area contributed by atoms with Gasteiger partial charge in [-0.15, -0.1) is 0 Å². The second-order valence-corrected chi connectivity index (χ2v) is 9.35. The van der Waals surface area contributed by atoms with Crippen molar-refractivity contribution in [3.8, 4) is 0 Å². The van der Waals surface area contributed by atoms with E-state index in [0.29, 0.717) is 5.56 Å². The van der Waals surface area contributed by atoms with Crippen molar-refractivity contribution < 1.29 is 21.9 Å². The van der Waals surface area contributed by atoms with Crippen LogP contribution in [0.1, 0.15) is 30.5 Å². The first-order valence-electron chi connectivity index (χ1n) is 11.6. The van der Waals surface area contributed by atoms with Crippen LogP contribution in [-0.2, 0) is 28.6 Å². The molecule has 0 spiro atoms. The van der Waals surface area contributed by atoms with E-state index in [1.54, 1.807) is 12.1 Å². The first-order chi connectivity index (χ1) is 16.7. The Kier molecular flexibility index (Phi) is 10.3. The van der Waals surface area contributed by atoms with E-state index in [4.69, 9.17) is 27.5 Å². The third-order valence-electron chi connectivity index (χ3n) is 6.32. The molecule has 0 aliphatic carbocycles. The molecule has 0 aromatic heterocycles. The molecule has 1 heterocycles. The predicted octanol–water partition coefficient (Wildman–Crippen LogP) is 6.85. The topological polar surface area (TPSA) is 74.4 Å². The van der Waals surface area contributed by atoms with Crippen LogP contribution < -0.4 is 9.80 Å². The number of allylic oxidation sites excluding steroid dienone is 2. The fourth-order valence-corrected chi connectivity index (χ4v) is 4.72. The van der Waals surface area contributed by atoms with E-state index in [1.165, 1.54) is 23.0 Å². The smallest absolute Gasteiger partial charge is 0.210 e. The number of hydrogen-bond donors (Lipinski definition) is 3. The molecule has 7 heteroatoms. The Morgan fingerprint density at radius 3 is 2.22 bits per heavy atom. The van der Waals surface area contributed by atoms with Crippen LogP contribution in [0.5, 0.6) is 0 Å². The molecule has 1 aliphatic heterocycles. The van der Waals surface area contributed by atoms with E-state index >= 15 is 0 Å². The number of benzene rings is 3. The summed E-state index contributed by atoms with van der Waals surface area (Å²) in [7, 11) is 3.89. The maximum atomic E-state index is 8.82. The van der Waals surface area contributed by atoms with Gasteiger partial charge in [-0.1, -0.05) is 41.9 Å². The van der Waals surface area contributed by atoms with E-state index in [2.05, 4.69) is 55.1 Å². The third-order valence-corrected chi connectivity index (χ3v) is 6.55. The van der Waals surface area contributed by atoms with Crippen molar-refractivity contribution in [2.24, 2.45) is 0 Å². The van der Waals surface area contributed by atoms with Crippen LogP contribution in [0.4, 0.5) is 11.4 Å². The minimum absolute atomic E-state index is 0. The Morgan fingerprint density at radius 2 is 1.69 bits per heavy atom. The van der Waals surface area contributed by atoms with Gasteiger partial charge in [0.25, 0.3) is 0 Å². The minimum Gasteiger partial charge on any atom is -0.493 e. The Labute approximate surface area is 229 Å². The van der Waals surface area contributed by atoms with Gasteiger partial charge in [0.1, 0.15) is 0 Å². The maximum absolute atomic E-state index is 8.82. The van der Waals surface area contributed by atoms with Gasteiger partial charge in [0.05, 0.1) is 0 Å². The largest absolute Gasteiger partial charge is 0.493 e. The van der Waals surface area contributed by atoms with Gasteiger partial charge < -0.3 is 20.3 Å². The number of fused-ring (bicyclic) bond motifs is 1. The first kappa shape index (κ1) is 29.2. The zero-order chi connectivity index (χ0) is 25.6. The average Bonchev–Trinajstić information content (AvgIpc) is 3.07. The standard InChI is InChI=1S/C20H21ClN2.C9H12N2O.Co/c1-3-23-18-10-9-16(21)13-17(18)20(2,19(23)11-12-22)14-15-7-5-4-6-8-15;1-11(2)8-5-3-7(4-6-8)9(10)12;/h4-13,22H,3,14H2,1-2H3;3-6H,1-2H3,(H2,10,12);/b19-11-,22-12?;;. The van der Waals surface area contributed by atoms with Gasteiger partial charge in [-0.05, 0) is 79.9 Å². The Balaban J connectivity index is 0.000000299. The molecule has 0 saturated heterocycles. The third kappa shape index (κ3) is 6.38. The Morgan fingerprint density at radius 1 is 1.06 bits per heavy atom. The molecule has 36 heavy (non-hydrogen) atoms. The maximum Gasteiger partial charge on any atom is 0.210 e. The molecular weight excluding hydrogens is 515 g/mol. The van der Waals surface area contributed by atoms with E-state index in [1.807, 2.05) is 49.3 Å². The number of anilines is 2. The molecule has 3 aromatic carbocycles. The van der Waals surface area contributed by atoms with Gasteiger partial charge in [-0.2, -0.15) is 0 Å². The minimum atomic E-state index is -0.389. The van der Waals surface area contributed by atoms with E-state index in [9.17, 15) is 0 Å². The molecular formula is C29H33ClCoN4O. The van der Waals surface area contributed by atoms with Gasteiger partial charge in [0.15, 0.2) is 0 Å². The number of aliphatic hydroxyl groups is 1. The van der Waals surface area contributed by atoms with Crippen molar-refractivity contribution >= 4 is 35.1 Å². The predicted molar refractivity (Wildman–Crippen MR) is 149 cm³/mol. The number of hydrogen-bond acceptors (Lipinski definition) is 4. The first-order valence-corrected chi connectivity index (χ1v) is 12.0. The SMILES string of the molecule is CCN1/C(=C\C=N)C(C)(Cc2ccccc2)c2cc(Cl)ccc21.CN(C)c1ccc(C(=N)O)cc1.[Co]. The molecule has 0 fully saturated rings. The van der Waals surface area contributed by atoms with E-state index in [-0.39, 0.29) is 28.1 Å². The van der Waals surface area contributed by atoms with Gasteiger partial charge in [0, 0.05) is 76.7 Å². The summed E-state index contributed by atoms with van der Waals surface area (Å²) in [6.45, 7) is 5.27. The molecule has 3 aromatic rings. The molecule has 0 amide bonds. The Bertz CT molecular complexity index is 1210. The summed E-state index contributed by atoms with van der Waals surface area (Å²) in [4.78, 5) is 4.25. The Hall–Kier alpha value is -3.06. The van der Waals surface area contributed by atoms with Gasteiger partial charge in [-0.25, -0.2) is 0 Å². The molecule has 0 bridgehead atoms. The molecule has 191 valence electrons. The van der Waals surface area contributed by atoms with Crippen LogP contribution in [-0.4, -0.2) is 37.9 Å². The normalized spacial score (nSPS) is 16.9. The number of likely N-dealkylation sites (N-methyl/N-ethyl adjacent to an activating group) is 1. The van der Waals surface area contributed by atoms with E-state index in [0.717, 1.165) is 29.4 Å². The zero-order valence-corrected chi connectivity index (χ0v) is 22.8. The number of rotatable bonds is 6. The van der Waals surface area contributed by atoms with Crippen LogP contribution in [0.15, 0.2) is 84.6 Å². The molecule has 1 atom stereocenters. The molecule has 1 aliphatic rings. The van der Waals surface area contributed by atoms with Gasteiger partial charge in [0.2, 0.25) is 5.90 Å². The zero-order valence-electron chi connectivity index (χ0n) is 21.1. The van der Waals surface area contributed by atoms with Crippen molar-refractivity contribution in [1.82, 2.24) is 0 Å². The summed E-state index contributed by atoms with van der Waals surface area (Å²) >= 11 is 6.29. The number of nitrogens with one attached hydrogen (secondary N) is 2. The number of halogens is 1. The monoisotopic (exact) mass is 547 g/mol. The molecule has 1 radical (unpaired) electrons. The van der Waals surface area contributed by atoms with E-state index < -0.39 is 0 Å². The van der Waals surface area contributed by atoms with Crippen LogP contribution in [0, 0.1) is 10.8 Å². The number of aliphatic hydroxyl groups excluding tert-OH is 1. The molecule has 0 saturated carbocycles. The fourth-order valence-electron chi connectivity index (χ4n) is 4.55. The van der Waals surface area contributed by atoms with Crippen molar-refractivity contribution in [2.75, 3.05) is 30.4 Å². The second kappa shape index (κ2) is 12.8. The van der Waals surface area contributed by atoms with Crippen molar-refractivity contribution in [3.63, 3.8) is 0 Å². The quantitative estimate of drug-likeness (QED) is 0.233. The molecule has 1 unspecified atom stereocenters. The molecule has 4 rings (SSSR count). The summed E-state index contributed by atoms with van der Waals surface area (Å²) in [6.07, 6.45) is 4.19. The van der Waals surface area contributed by atoms with Crippen LogP contribution in [0.3, 0.4) is 0 Å². The van der Waals surface area contributed by atoms with Gasteiger partial charge in [-0.3, -0.25) is 5.41 Å². The average molecular weight is 548 g/mol. The summed E-state index contributed by atoms with van der Waals surface area (Å²) in [5.41, 5.74) is 6.30. The van der Waals surface area contributed by atoms with Gasteiger partial charge >= 0.3 is 0 Å². The van der Waals surface area contributed by atoms with Crippen molar-refractivity contribution in [2.45, 2.75) is 25.7 Å². The molecule has 5 nitrogen and oxygen atoms in total. The van der Waals surface area contributed by atoms with Crippen LogP contribution >= 0.6 is 11.6 Å². The summed E-state index contributed by atoms with van der Waals surface area (Å²) in [5.74, 6) is -0.389. The summed E-state index contributed by atoms with van der Waals surface area (Å²) < 4.78 is 0. The van der Waals surface area contributed by atoms with Crippen molar-refractivity contribution in [3.05, 3.63) is 106 Å². The van der Waals surface area contributed by atoms with Crippen LogP contribution in [0.25, 0.3) is 0 Å². The second-order valence-electron chi connectivity index (χ2n) is 8.91. The summed E-state index contributed by atoms with van der Waals surface area (Å²) in [5, 5.41) is 24.1.